The first-order chi connectivity index (χ1) is 6.57. The first-order valence-corrected chi connectivity index (χ1v) is 5.24. The van der Waals surface area contributed by atoms with Gasteiger partial charge in [0.1, 0.15) is 6.04 Å². The minimum absolute atomic E-state index is 0.107. The quantitative estimate of drug-likeness (QED) is 0.741. The number of nitrogens with zero attached hydrogens (tertiary/aromatic N) is 1. The summed E-state index contributed by atoms with van der Waals surface area (Å²) in [5.74, 6) is -0.305. The highest BCUT2D eigenvalue weighted by atomic mass is 79.9. The molecule has 1 fully saturated rings. The third kappa shape index (κ3) is 2.15. The van der Waals surface area contributed by atoms with Crippen LogP contribution in [0, 0.1) is 0 Å². The fourth-order valence-corrected chi connectivity index (χ4v) is 1.83. The number of hydrogen-bond donors (Lipinski definition) is 1. The molecule has 1 unspecified atom stereocenters. The number of halogens is 1. The predicted octanol–water partition coefficient (Wildman–Crippen LogP) is 0.632. The summed E-state index contributed by atoms with van der Waals surface area (Å²) in [6, 6.07) is -0.332. The Labute approximate surface area is 91.5 Å². The van der Waals surface area contributed by atoms with Crippen LogP contribution in [-0.2, 0) is 9.59 Å². The van der Waals surface area contributed by atoms with Crippen molar-refractivity contribution in [1.82, 2.24) is 10.2 Å². The summed E-state index contributed by atoms with van der Waals surface area (Å²) in [5, 5.41) is 2.55. The SMILES string of the molecule is C=C(Br)C(=O)N1CCCC1C(=O)NC. The number of rotatable bonds is 2. The number of nitrogens with one attached hydrogen (secondary N) is 1. The Morgan fingerprint density at radius 2 is 2.21 bits per heavy atom. The average Bonchev–Trinajstić information content (AvgIpc) is 2.63. The number of hydrogen-bond acceptors (Lipinski definition) is 2. The van der Waals surface area contributed by atoms with Crippen molar-refractivity contribution in [3.8, 4) is 0 Å². The van der Waals surface area contributed by atoms with Crippen molar-refractivity contribution in [2.75, 3.05) is 13.6 Å². The maximum Gasteiger partial charge on any atom is 0.260 e. The van der Waals surface area contributed by atoms with Crippen molar-refractivity contribution >= 4 is 27.7 Å². The predicted molar refractivity (Wildman–Crippen MR) is 56.9 cm³/mol. The molecule has 2 amide bonds. The maximum absolute atomic E-state index is 11.6. The lowest BCUT2D eigenvalue weighted by molar-refractivity contribution is -0.134. The van der Waals surface area contributed by atoms with Crippen molar-refractivity contribution in [2.45, 2.75) is 18.9 Å². The highest BCUT2D eigenvalue weighted by Crippen LogP contribution is 2.20. The summed E-state index contributed by atoms with van der Waals surface area (Å²) in [5.41, 5.74) is 0. The van der Waals surface area contributed by atoms with Crippen LogP contribution in [0.2, 0.25) is 0 Å². The van der Waals surface area contributed by atoms with Crippen molar-refractivity contribution in [3.05, 3.63) is 11.1 Å². The Kier molecular flexibility index (Phi) is 3.69. The molecule has 1 aliphatic heterocycles. The largest absolute Gasteiger partial charge is 0.357 e. The van der Waals surface area contributed by atoms with E-state index in [1.807, 2.05) is 0 Å². The third-order valence-electron chi connectivity index (χ3n) is 2.29. The molecular weight excluding hydrogens is 248 g/mol. The van der Waals surface area contributed by atoms with Crippen LogP contribution in [0.25, 0.3) is 0 Å². The van der Waals surface area contributed by atoms with E-state index in [1.165, 1.54) is 0 Å². The Bertz CT molecular complexity index is 278. The summed E-state index contributed by atoms with van der Waals surface area (Å²) in [4.78, 5) is 24.5. The molecule has 4 nitrogen and oxygen atoms in total. The van der Waals surface area contributed by atoms with E-state index in [1.54, 1.807) is 11.9 Å². The highest BCUT2D eigenvalue weighted by Gasteiger charge is 2.33. The molecular formula is C9H13BrN2O2. The molecule has 1 N–H and O–H groups in total. The van der Waals surface area contributed by atoms with Crippen LogP contribution in [0.5, 0.6) is 0 Å². The van der Waals surface area contributed by atoms with Gasteiger partial charge in [0, 0.05) is 13.6 Å². The number of likely N-dealkylation sites (N-methyl/N-ethyl adjacent to an activating group) is 1. The summed E-state index contributed by atoms with van der Waals surface area (Å²) in [6.07, 6.45) is 1.59. The van der Waals surface area contributed by atoms with Crippen LogP contribution < -0.4 is 5.32 Å². The molecule has 78 valence electrons. The molecule has 0 saturated carbocycles. The zero-order valence-corrected chi connectivity index (χ0v) is 9.63. The molecule has 1 saturated heterocycles. The van der Waals surface area contributed by atoms with E-state index in [0.29, 0.717) is 11.0 Å². The van der Waals surface area contributed by atoms with Crippen molar-refractivity contribution in [1.29, 1.82) is 0 Å². The zero-order valence-electron chi connectivity index (χ0n) is 8.05. The lowest BCUT2D eigenvalue weighted by Gasteiger charge is -2.22. The van der Waals surface area contributed by atoms with Crippen LogP contribution in [-0.4, -0.2) is 36.3 Å². The molecule has 0 radical (unpaired) electrons. The molecule has 1 aliphatic rings. The fourth-order valence-electron chi connectivity index (χ4n) is 1.60. The lowest BCUT2D eigenvalue weighted by atomic mass is 10.2. The van der Waals surface area contributed by atoms with E-state index < -0.39 is 0 Å². The number of carbonyl (C=O) groups is 2. The molecule has 1 atom stereocenters. The van der Waals surface area contributed by atoms with Gasteiger partial charge in [-0.25, -0.2) is 0 Å². The summed E-state index contributed by atoms with van der Waals surface area (Å²) < 4.78 is 0.299. The Morgan fingerprint density at radius 1 is 1.57 bits per heavy atom. The van der Waals surface area contributed by atoms with Gasteiger partial charge in [0.15, 0.2) is 0 Å². The molecule has 0 aromatic carbocycles. The average molecular weight is 261 g/mol. The first-order valence-electron chi connectivity index (χ1n) is 4.45. The van der Waals surface area contributed by atoms with E-state index in [2.05, 4.69) is 27.8 Å². The van der Waals surface area contributed by atoms with Crippen LogP contribution in [0.1, 0.15) is 12.8 Å². The normalized spacial score (nSPS) is 20.7. The summed E-state index contributed by atoms with van der Waals surface area (Å²) in [6.45, 7) is 4.14. The van der Waals surface area contributed by atoms with E-state index >= 15 is 0 Å². The van der Waals surface area contributed by atoms with Crippen molar-refractivity contribution in [2.24, 2.45) is 0 Å². The van der Waals surface area contributed by atoms with E-state index in [9.17, 15) is 9.59 Å². The number of carbonyl (C=O) groups excluding carboxylic acids is 2. The molecule has 0 bridgehead atoms. The van der Waals surface area contributed by atoms with Gasteiger partial charge in [-0.1, -0.05) is 6.58 Å². The van der Waals surface area contributed by atoms with Crippen LogP contribution >= 0.6 is 15.9 Å². The minimum Gasteiger partial charge on any atom is -0.357 e. The molecule has 0 aromatic heterocycles. The van der Waals surface area contributed by atoms with Gasteiger partial charge in [-0.15, -0.1) is 0 Å². The topological polar surface area (TPSA) is 49.4 Å². The summed E-state index contributed by atoms with van der Waals surface area (Å²) in [7, 11) is 1.58. The van der Waals surface area contributed by atoms with E-state index in [4.69, 9.17) is 0 Å². The van der Waals surface area contributed by atoms with Crippen molar-refractivity contribution in [3.63, 3.8) is 0 Å². The van der Waals surface area contributed by atoms with E-state index in [-0.39, 0.29) is 17.9 Å². The van der Waals surface area contributed by atoms with Gasteiger partial charge in [0.05, 0.1) is 4.48 Å². The second kappa shape index (κ2) is 4.59. The van der Waals surface area contributed by atoms with E-state index in [0.717, 1.165) is 12.8 Å². The van der Waals surface area contributed by atoms with Gasteiger partial charge in [-0.3, -0.25) is 9.59 Å². The molecule has 0 aliphatic carbocycles. The molecule has 1 rings (SSSR count). The van der Waals surface area contributed by atoms with Gasteiger partial charge in [-0.2, -0.15) is 0 Å². The molecule has 14 heavy (non-hydrogen) atoms. The number of amides is 2. The lowest BCUT2D eigenvalue weighted by Crippen LogP contribution is -2.44. The molecule has 0 aromatic rings. The monoisotopic (exact) mass is 260 g/mol. The highest BCUT2D eigenvalue weighted by molar-refractivity contribution is 9.12. The Morgan fingerprint density at radius 3 is 2.71 bits per heavy atom. The second-order valence-corrected chi connectivity index (χ2v) is 4.13. The van der Waals surface area contributed by atoms with Crippen LogP contribution in [0.15, 0.2) is 11.1 Å². The van der Waals surface area contributed by atoms with Crippen LogP contribution in [0.4, 0.5) is 0 Å². The minimum atomic E-state index is -0.332. The maximum atomic E-state index is 11.6. The van der Waals surface area contributed by atoms with Gasteiger partial charge in [0.25, 0.3) is 5.91 Å². The van der Waals surface area contributed by atoms with Gasteiger partial charge >= 0.3 is 0 Å². The Balaban J connectivity index is 2.73. The molecule has 1 heterocycles. The summed E-state index contributed by atoms with van der Waals surface area (Å²) >= 11 is 3.03. The Hall–Kier alpha value is -0.840. The van der Waals surface area contributed by atoms with Crippen LogP contribution in [0.3, 0.4) is 0 Å². The standard InChI is InChI=1S/C9H13BrN2O2/c1-6(10)9(14)12-5-3-4-7(12)8(13)11-2/h7H,1,3-5H2,2H3,(H,11,13). The van der Waals surface area contributed by atoms with Gasteiger partial charge in [-0.05, 0) is 28.8 Å². The number of likely N-dealkylation sites (tertiary alicyclic amines) is 1. The zero-order chi connectivity index (χ0) is 10.7. The first kappa shape index (κ1) is 11.2. The van der Waals surface area contributed by atoms with Crippen molar-refractivity contribution < 1.29 is 9.59 Å². The molecule has 5 heteroatoms. The van der Waals surface area contributed by atoms with Gasteiger partial charge < -0.3 is 10.2 Å². The second-order valence-electron chi connectivity index (χ2n) is 3.18. The van der Waals surface area contributed by atoms with Gasteiger partial charge in [0.2, 0.25) is 5.91 Å². The fraction of sp³-hybridized carbons (Fsp3) is 0.556. The smallest absolute Gasteiger partial charge is 0.260 e. The molecule has 0 spiro atoms. The third-order valence-corrected chi connectivity index (χ3v) is 2.63.